The van der Waals surface area contributed by atoms with Gasteiger partial charge in [-0.2, -0.15) is 0 Å². The number of nitrogens with one attached hydrogen (secondary N) is 2. The average Bonchev–Trinajstić information content (AvgIpc) is 2.58. The highest BCUT2D eigenvalue weighted by atomic mass is 16.6. The lowest BCUT2D eigenvalue weighted by Gasteiger charge is -2.25. The maximum Gasteiger partial charge on any atom is 0.191 e. The zero-order valence-corrected chi connectivity index (χ0v) is 14.9. The molecule has 0 amide bonds. The fourth-order valence-corrected chi connectivity index (χ4v) is 2.25. The lowest BCUT2D eigenvalue weighted by molar-refractivity contribution is 0.0970. The fraction of sp³-hybridized carbons (Fsp3) is 0.611. The predicted octanol–water partition coefficient (Wildman–Crippen LogP) is 2.05. The van der Waals surface area contributed by atoms with E-state index in [4.69, 9.17) is 14.2 Å². The summed E-state index contributed by atoms with van der Waals surface area (Å²) < 4.78 is 17.2. The highest BCUT2D eigenvalue weighted by Crippen LogP contribution is 2.30. The van der Waals surface area contributed by atoms with Crippen LogP contribution in [0.15, 0.2) is 29.3 Å². The second kappa shape index (κ2) is 10.0. The SMILES string of the molecule is CCNC(=NCC1COc2ccccc2O1)NCCOCC(C)C. The zero-order valence-electron chi connectivity index (χ0n) is 14.9. The van der Waals surface area contributed by atoms with Gasteiger partial charge in [0.05, 0.1) is 13.2 Å². The van der Waals surface area contributed by atoms with E-state index in [1.807, 2.05) is 31.2 Å². The summed E-state index contributed by atoms with van der Waals surface area (Å²) in [6.45, 7) is 10.4. The van der Waals surface area contributed by atoms with Crippen molar-refractivity contribution < 1.29 is 14.2 Å². The van der Waals surface area contributed by atoms with Crippen LogP contribution in [-0.2, 0) is 4.74 Å². The Morgan fingerprint density at radius 2 is 2.08 bits per heavy atom. The Labute approximate surface area is 144 Å². The van der Waals surface area contributed by atoms with Crippen molar-refractivity contribution in [2.75, 3.05) is 39.5 Å². The van der Waals surface area contributed by atoms with Crippen LogP contribution in [0.25, 0.3) is 0 Å². The van der Waals surface area contributed by atoms with Crippen molar-refractivity contribution in [3.63, 3.8) is 0 Å². The third kappa shape index (κ3) is 6.28. The largest absolute Gasteiger partial charge is 0.486 e. The van der Waals surface area contributed by atoms with Crippen LogP contribution in [0.3, 0.4) is 0 Å². The van der Waals surface area contributed by atoms with Gasteiger partial charge in [-0.05, 0) is 25.0 Å². The molecule has 1 atom stereocenters. The molecule has 1 unspecified atom stereocenters. The number of benzene rings is 1. The number of ether oxygens (including phenoxy) is 3. The summed E-state index contributed by atoms with van der Waals surface area (Å²) in [6, 6.07) is 7.71. The van der Waals surface area contributed by atoms with E-state index in [0.29, 0.717) is 25.7 Å². The van der Waals surface area contributed by atoms with Crippen LogP contribution < -0.4 is 20.1 Å². The molecule has 2 rings (SSSR count). The Bertz CT molecular complexity index is 520. The summed E-state index contributed by atoms with van der Waals surface area (Å²) in [4.78, 5) is 4.58. The summed E-state index contributed by atoms with van der Waals surface area (Å²) in [5.74, 6) is 2.90. The van der Waals surface area contributed by atoms with Crippen LogP contribution >= 0.6 is 0 Å². The quantitative estimate of drug-likeness (QED) is 0.432. The Morgan fingerprint density at radius 3 is 2.83 bits per heavy atom. The normalized spacial score (nSPS) is 17.0. The monoisotopic (exact) mass is 335 g/mol. The van der Waals surface area contributed by atoms with E-state index in [2.05, 4.69) is 29.5 Å². The van der Waals surface area contributed by atoms with Crippen molar-refractivity contribution in [1.82, 2.24) is 10.6 Å². The number of hydrogen-bond donors (Lipinski definition) is 2. The molecule has 6 nitrogen and oxygen atoms in total. The maximum atomic E-state index is 5.92. The van der Waals surface area contributed by atoms with E-state index in [0.717, 1.165) is 37.2 Å². The third-order valence-corrected chi connectivity index (χ3v) is 3.35. The van der Waals surface area contributed by atoms with E-state index in [-0.39, 0.29) is 6.10 Å². The van der Waals surface area contributed by atoms with Crippen LogP contribution in [0.5, 0.6) is 11.5 Å². The molecule has 1 aromatic rings. The minimum atomic E-state index is -0.0763. The molecule has 0 spiro atoms. The first-order valence-electron chi connectivity index (χ1n) is 8.67. The molecule has 0 bridgehead atoms. The molecule has 6 heteroatoms. The molecule has 0 radical (unpaired) electrons. The van der Waals surface area contributed by atoms with E-state index < -0.39 is 0 Å². The van der Waals surface area contributed by atoms with Crippen LogP contribution in [0, 0.1) is 5.92 Å². The van der Waals surface area contributed by atoms with Crippen molar-refractivity contribution in [2.45, 2.75) is 26.9 Å². The molecule has 1 aliphatic heterocycles. The molecule has 1 aromatic carbocycles. The van der Waals surface area contributed by atoms with Gasteiger partial charge in [0.15, 0.2) is 23.6 Å². The molecule has 1 heterocycles. The number of rotatable bonds is 8. The third-order valence-electron chi connectivity index (χ3n) is 3.35. The van der Waals surface area contributed by atoms with Gasteiger partial charge in [-0.15, -0.1) is 0 Å². The second-order valence-electron chi connectivity index (χ2n) is 6.11. The number of para-hydroxylation sites is 2. The molecule has 2 N–H and O–H groups in total. The Hall–Kier alpha value is -1.95. The van der Waals surface area contributed by atoms with Gasteiger partial charge in [0, 0.05) is 19.7 Å². The van der Waals surface area contributed by atoms with E-state index in [1.54, 1.807) is 0 Å². The van der Waals surface area contributed by atoms with Gasteiger partial charge in [-0.25, -0.2) is 4.99 Å². The van der Waals surface area contributed by atoms with Gasteiger partial charge in [0.1, 0.15) is 6.61 Å². The molecular weight excluding hydrogens is 306 g/mol. The van der Waals surface area contributed by atoms with E-state index >= 15 is 0 Å². The van der Waals surface area contributed by atoms with E-state index in [9.17, 15) is 0 Å². The van der Waals surface area contributed by atoms with Crippen molar-refractivity contribution in [3.05, 3.63) is 24.3 Å². The van der Waals surface area contributed by atoms with Gasteiger partial charge in [-0.3, -0.25) is 0 Å². The average molecular weight is 335 g/mol. The molecule has 134 valence electrons. The maximum absolute atomic E-state index is 5.92. The predicted molar refractivity (Wildman–Crippen MR) is 96.0 cm³/mol. The molecule has 0 aliphatic carbocycles. The Morgan fingerprint density at radius 1 is 1.29 bits per heavy atom. The fourth-order valence-electron chi connectivity index (χ4n) is 2.25. The van der Waals surface area contributed by atoms with Gasteiger partial charge < -0.3 is 24.8 Å². The van der Waals surface area contributed by atoms with Gasteiger partial charge in [-0.1, -0.05) is 26.0 Å². The van der Waals surface area contributed by atoms with Crippen molar-refractivity contribution in [2.24, 2.45) is 10.9 Å². The first kappa shape index (κ1) is 18.4. The number of fused-ring (bicyclic) bond motifs is 1. The van der Waals surface area contributed by atoms with Crippen LogP contribution in [0.2, 0.25) is 0 Å². The second-order valence-corrected chi connectivity index (χ2v) is 6.11. The number of aliphatic imine (C=N–C) groups is 1. The summed E-state index contributed by atoms with van der Waals surface area (Å²) in [5, 5.41) is 6.50. The molecule has 0 aromatic heterocycles. The smallest absolute Gasteiger partial charge is 0.191 e. The summed E-state index contributed by atoms with van der Waals surface area (Å²) in [6.07, 6.45) is -0.0763. The number of hydrogen-bond acceptors (Lipinski definition) is 4. The molecule has 0 saturated carbocycles. The highest BCUT2D eigenvalue weighted by Gasteiger charge is 2.20. The van der Waals surface area contributed by atoms with Crippen LogP contribution in [0.4, 0.5) is 0 Å². The summed E-state index contributed by atoms with van der Waals surface area (Å²) in [7, 11) is 0. The van der Waals surface area contributed by atoms with Gasteiger partial charge >= 0.3 is 0 Å². The minimum Gasteiger partial charge on any atom is -0.486 e. The Balaban J connectivity index is 1.76. The summed E-state index contributed by atoms with van der Waals surface area (Å²) in [5.41, 5.74) is 0. The lowest BCUT2D eigenvalue weighted by atomic mass is 10.2. The van der Waals surface area contributed by atoms with Crippen molar-refractivity contribution in [1.29, 1.82) is 0 Å². The van der Waals surface area contributed by atoms with Gasteiger partial charge in [0.25, 0.3) is 0 Å². The van der Waals surface area contributed by atoms with Crippen molar-refractivity contribution in [3.8, 4) is 11.5 Å². The zero-order chi connectivity index (χ0) is 17.2. The molecule has 24 heavy (non-hydrogen) atoms. The Kier molecular flexibility index (Phi) is 7.68. The molecule has 0 saturated heterocycles. The standard InChI is InChI=1S/C18H29N3O3/c1-4-19-18(20-9-10-22-12-14(2)3)21-11-15-13-23-16-7-5-6-8-17(16)24-15/h5-8,14-15H,4,9-13H2,1-3H3,(H2,19,20,21). The lowest BCUT2D eigenvalue weighted by Crippen LogP contribution is -2.40. The highest BCUT2D eigenvalue weighted by molar-refractivity contribution is 5.79. The van der Waals surface area contributed by atoms with Crippen LogP contribution in [-0.4, -0.2) is 51.5 Å². The number of nitrogens with zero attached hydrogens (tertiary/aromatic N) is 1. The van der Waals surface area contributed by atoms with Crippen LogP contribution in [0.1, 0.15) is 20.8 Å². The topological polar surface area (TPSA) is 64.1 Å². The van der Waals surface area contributed by atoms with Crippen molar-refractivity contribution >= 4 is 5.96 Å². The minimum absolute atomic E-state index is 0.0763. The van der Waals surface area contributed by atoms with E-state index in [1.165, 1.54) is 0 Å². The number of guanidine groups is 1. The van der Waals surface area contributed by atoms with Gasteiger partial charge in [0.2, 0.25) is 0 Å². The summed E-state index contributed by atoms with van der Waals surface area (Å²) >= 11 is 0. The molecular formula is C18H29N3O3. The molecule has 1 aliphatic rings. The molecule has 0 fully saturated rings. The first-order chi connectivity index (χ1) is 11.7. The first-order valence-corrected chi connectivity index (χ1v) is 8.67.